The normalized spacial score (nSPS) is 17.4. The zero-order valence-corrected chi connectivity index (χ0v) is 10.4. The molecule has 2 rings (SSSR count). The average Bonchev–Trinajstić information content (AvgIpc) is 2.27. The van der Waals surface area contributed by atoms with E-state index in [1.165, 1.54) is 17.7 Å². The third kappa shape index (κ3) is 2.07. The molecule has 2 heteroatoms. The second kappa shape index (κ2) is 4.46. The van der Waals surface area contributed by atoms with Crippen LogP contribution in [0.4, 0.5) is 5.69 Å². The molecule has 0 spiro atoms. The van der Waals surface area contributed by atoms with Gasteiger partial charge in [0.25, 0.3) is 0 Å². The van der Waals surface area contributed by atoms with Crippen molar-refractivity contribution in [2.24, 2.45) is 0 Å². The van der Waals surface area contributed by atoms with Crippen molar-refractivity contribution < 1.29 is 5.11 Å². The van der Waals surface area contributed by atoms with Gasteiger partial charge in [-0.15, -0.1) is 0 Å². The van der Waals surface area contributed by atoms with Crippen molar-refractivity contribution in [2.75, 3.05) is 11.4 Å². The lowest BCUT2D eigenvalue weighted by molar-refractivity contribution is 0.199. The van der Waals surface area contributed by atoms with Gasteiger partial charge in [0.05, 0.1) is 6.10 Å². The van der Waals surface area contributed by atoms with Crippen LogP contribution in [-0.4, -0.2) is 17.7 Å². The Morgan fingerprint density at radius 1 is 1.25 bits per heavy atom. The number of hydrogen-bond acceptors (Lipinski definition) is 2. The molecule has 2 nitrogen and oxygen atoms in total. The maximum Gasteiger partial charge on any atom is 0.0762 e. The van der Waals surface area contributed by atoms with E-state index >= 15 is 0 Å². The lowest BCUT2D eigenvalue weighted by atomic mass is 9.97. The first-order chi connectivity index (χ1) is 7.59. The highest BCUT2D eigenvalue weighted by atomic mass is 16.3. The third-order valence-electron chi connectivity index (χ3n) is 3.36. The Hall–Kier alpha value is -1.02. The van der Waals surface area contributed by atoms with E-state index in [0.717, 1.165) is 18.5 Å². The molecule has 88 valence electrons. The molecule has 1 unspecified atom stereocenters. The Kier molecular flexibility index (Phi) is 3.20. The number of fused-ring (bicyclic) bond motifs is 1. The molecule has 0 aliphatic carbocycles. The minimum Gasteiger partial charge on any atom is -0.389 e. The molecule has 0 amide bonds. The summed E-state index contributed by atoms with van der Waals surface area (Å²) in [4.78, 5) is 2.45. The highest BCUT2D eigenvalue weighted by Crippen LogP contribution is 2.30. The Labute approximate surface area is 97.9 Å². The van der Waals surface area contributed by atoms with Crippen LogP contribution in [0.5, 0.6) is 0 Å². The van der Waals surface area contributed by atoms with Gasteiger partial charge in [0.2, 0.25) is 0 Å². The van der Waals surface area contributed by atoms with Crippen LogP contribution in [-0.2, 0) is 6.42 Å². The van der Waals surface area contributed by atoms with Crippen molar-refractivity contribution >= 4 is 5.69 Å². The predicted molar refractivity (Wildman–Crippen MR) is 67.9 cm³/mol. The second-order valence-corrected chi connectivity index (χ2v) is 4.95. The summed E-state index contributed by atoms with van der Waals surface area (Å²) in [7, 11) is 0. The molecule has 1 aliphatic heterocycles. The quantitative estimate of drug-likeness (QED) is 0.826. The summed E-state index contributed by atoms with van der Waals surface area (Å²) in [5, 5.41) is 9.59. The van der Waals surface area contributed by atoms with Gasteiger partial charge in [-0.3, -0.25) is 0 Å². The monoisotopic (exact) mass is 219 g/mol. The summed E-state index contributed by atoms with van der Waals surface area (Å²) < 4.78 is 0. The zero-order valence-electron chi connectivity index (χ0n) is 10.4. The number of hydrogen-bond donors (Lipinski definition) is 1. The summed E-state index contributed by atoms with van der Waals surface area (Å²) in [5.41, 5.74) is 3.77. The molecule has 1 aromatic rings. The molecule has 1 aliphatic rings. The van der Waals surface area contributed by atoms with Crippen molar-refractivity contribution in [3.63, 3.8) is 0 Å². The van der Waals surface area contributed by atoms with Crippen molar-refractivity contribution in [2.45, 2.75) is 45.8 Å². The van der Waals surface area contributed by atoms with E-state index in [2.05, 4.69) is 30.9 Å². The van der Waals surface area contributed by atoms with Crippen LogP contribution >= 0.6 is 0 Å². The number of aliphatic hydroxyl groups is 1. The van der Waals surface area contributed by atoms with E-state index in [0.29, 0.717) is 6.04 Å². The molecule has 16 heavy (non-hydrogen) atoms. The molecule has 0 fully saturated rings. The summed E-state index contributed by atoms with van der Waals surface area (Å²) in [5.74, 6) is 0. The van der Waals surface area contributed by atoms with Gasteiger partial charge >= 0.3 is 0 Å². The highest BCUT2D eigenvalue weighted by molar-refractivity contribution is 5.57. The van der Waals surface area contributed by atoms with Crippen molar-refractivity contribution in [1.29, 1.82) is 0 Å². The lowest BCUT2D eigenvalue weighted by Crippen LogP contribution is -2.35. The summed E-state index contributed by atoms with van der Waals surface area (Å²) in [6.45, 7) is 7.44. The summed E-state index contributed by atoms with van der Waals surface area (Å²) in [6.07, 6.45) is 1.99. The van der Waals surface area contributed by atoms with Crippen molar-refractivity contribution in [3.05, 3.63) is 29.3 Å². The van der Waals surface area contributed by atoms with Gasteiger partial charge in [0.15, 0.2) is 0 Å². The molecule has 0 saturated carbocycles. The molecule has 1 heterocycles. The molecule has 1 N–H and O–H groups in total. The number of aryl methyl sites for hydroxylation is 1. The van der Waals surface area contributed by atoms with Crippen LogP contribution in [0.25, 0.3) is 0 Å². The zero-order chi connectivity index (χ0) is 11.7. The number of aliphatic hydroxyl groups excluding tert-OH is 1. The van der Waals surface area contributed by atoms with Crippen molar-refractivity contribution in [1.82, 2.24) is 0 Å². The molecular weight excluding hydrogens is 198 g/mol. The van der Waals surface area contributed by atoms with E-state index < -0.39 is 0 Å². The molecule has 1 aromatic carbocycles. The van der Waals surface area contributed by atoms with Gasteiger partial charge in [-0.25, -0.2) is 0 Å². The molecule has 0 saturated heterocycles. The first kappa shape index (κ1) is 11.5. The largest absolute Gasteiger partial charge is 0.389 e. The van der Waals surface area contributed by atoms with E-state index in [1.54, 1.807) is 0 Å². The number of nitrogens with zero attached hydrogens (tertiary/aromatic N) is 1. The van der Waals surface area contributed by atoms with Crippen LogP contribution in [0.15, 0.2) is 18.2 Å². The molecule has 1 atom stereocenters. The van der Waals surface area contributed by atoms with Crippen LogP contribution in [0.2, 0.25) is 0 Å². The van der Waals surface area contributed by atoms with Crippen LogP contribution in [0.1, 0.15) is 44.4 Å². The van der Waals surface area contributed by atoms with Gasteiger partial charge < -0.3 is 10.0 Å². The number of anilines is 1. The fraction of sp³-hybridized carbons (Fsp3) is 0.571. The topological polar surface area (TPSA) is 23.5 Å². The van der Waals surface area contributed by atoms with E-state index in [-0.39, 0.29) is 6.10 Å². The van der Waals surface area contributed by atoms with Gasteiger partial charge in [0.1, 0.15) is 0 Å². The minimum absolute atomic E-state index is 0.361. The molecular formula is C14H21NO. The Balaban J connectivity index is 2.37. The fourth-order valence-corrected chi connectivity index (χ4v) is 2.44. The van der Waals surface area contributed by atoms with Crippen molar-refractivity contribution in [3.8, 4) is 0 Å². The number of benzene rings is 1. The smallest absolute Gasteiger partial charge is 0.0762 e. The van der Waals surface area contributed by atoms with Gasteiger partial charge in [-0.2, -0.15) is 0 Å². The van der Waals surface area contributed by atoms with Gasteiger partial charge in [0, 0.05) is 18.3 Å². The average molecular weight is 219 g/mol. The Bertz CT molecular complexity index is 371. The van der Waals surface area contributed by atoms with E-state index in [4.69, 9.17) is 0 Å². The van der Waals surface area contributed by atoms with Gasteiger partial charge in [-0.1, -0.05) is 12.1 Å². The van der Waals surface area contributed by atoms with E-state index in [1.807, 2.05) is 13.0 Å². The maximum absolute atomic E-state index is 9.59. The SMILES string of the molecule is CC(O)c1ccc2c(c1)CCCN2C(C)C. The molecule has 0 aromatic heterocycles. The second-order valence-electron chi connectivity index (χ2n) is 4.95. The Morgan fingerprint density at radius 2 is 2.00 bits per heavy atom. The van der Waals surface area contributed by atoms with Crippen LogP contribution in [0.3, 0.4) is 0 Å². The first-order valence-electron chi connectivity index (χ1n) is 6.17. The maximum atomic E-state index is 9.59. The lowest BCUT2D eigenvalue weighted by Gasteiger charge is -2.35. The fourth-order valence-electron chi connectivity index (χ4n) is 2.44. The van der Waals surface area contributed by atoms with Crippen LogP contribution < -0.4 is 4.90 Å². The van der Waals surface area contributed by atoms with E-state index in [9.17, 15) is 5.11 Å². The minimum atomic E-state index is -0.361. The third-order valence-corrected chi connectivity index (χ3v) is 3.36. The summed E-state index contributed by atoms with van der Waals surface area (Å²) >= 11 is 0. The predicted octanol–water partition coefficient (Wildman–Crippen LogP) is 2.90. The van der Waals surface area contributed by atoms with Crippen LogP contribution in [0, 0.1) is 0 Å². The Morgan fingerprint density at radius 3 is 2.62 bits per heavy atom. The highest BCUT2D eigenvalue weighted by Gasteiger charge is 2.19. The standard InChI is InChI=1S/C14H21NO/c1-10(2)15-8-4-5-13-9-12(11(3)16)6-7-14(13)15/h6-7,9-11,16H,4-5,8H2,1-3H3. The summed E-state index contributed by atoms with van der Waals surface area (Å²) in [6, 6.07) is 6.92. The molecule has 0 radical (unpaired) electrons. The molecule has 0 bridgehead atoms. The number of rotatable bonds is 2. The first-order valence-corrected chi connectivity index (χ1v) is 6.17. The van der Waals surface area contributed by atoms with Gasteiger partial charge in [-0.05, 0) is 50.8 Å².